The number of alkyl halides is 1. The van der Waals surface area contributed by atoms with Crippen LogP contribution in [-0.2, 0) is 7.05 Å². The van der Waals surface area contributed by atoms with Gasteiger partial charge in [0.1, 0.15) is 0 Å². The second kappa shape index (κ2) is 4.31. The summed E-state index contributed by atoms with van der Waals surface area (Å²) in [7, 11) is 3.54. The molecule has 1 aromatic heterocycles. The maximum absolute atomic E-state index is 11.3. The molecule has 0 aliphatic rings. The number of fused-ring (bicyclic) bond motifs is 1. The normalized spacial score (nSPS) is 13.2. The number of halogens is 1. The van der Waals surface area contributed by atoms with Crippen molar-refractivity contribution >= 4 is 22.7 Å². The minimum Gasteiger partial charge on any atom is -0.408 e. The average Bonchev–Trinajstić information content (AvgIpc) is 2.57. The van der Waals surface area contributed by atoms with Crippen LogP contribution in [0.3, 0.4) is 0 Å². The third-order valence-corrected chi connectivity index (χ3v) is 3.03. The van der Waals surface area contributed by atoms with E-state index >= 15 is 0 Å². The molecule has 0 saturated carbocycles. The van der Waals surface area contributed by atoms with Crippen molar-refractivity contribution in [3.05, 3.63) is 34.3 Å². The van der Waals surface area contributed by atoms with Crippen molar-refractivity contribution in [2.75, 3.05) is 12.9 Å². The van der Waals surface area contributed by atoms with Crippen molar-refractivity contribution in [1.29, 1.82) is 0 Å². The van der Waals surface area contributed by atoms with Gasteiger partial charge in [-0.2, -0.15) is 0 Å². The van der Waals surface area contributed by atoms with Crippen LogP contribution in [0.25, 0.3) is 11.1 Å². The molecule has 1 aromatic carbocycles. The van der Waals surface area contributed by atoms with Crippen molar-refractivity contribution in [2.24, 2.45) is 7.05 Å². The lowest BCUT2D eigenvalue weighted by Crippen LogP contribution is -2.17. The van der Waals surface area contributed by atoms with Gasteiger partial charge in [-0.05, 0) is 24.7 Å². The van der Waals surface area contributed by atoms with Gasteiger partial charge in [0, 0.05) is 19.0 Å². The Bertz CT molecular complexity index is 555. The van der Waals surface area contributed by atoms with Crippen LogP contribution in [0.5, 0.6) is 0 Å². The van der Waals surface area contributed by atoms with Gasteiger partial charge in [-0.3, -0.25) is 4.57 Å². The number of benzene rings is 1. The van der Waals surface area contributed by atoms with Crippen LogP contribution >= 0.6 is 11.6 Å². The predicted molar refractivity (Wildman–Crippen MR) is 64.0 cm³/mol. The summed E-state index contributed by atoms with van der Waals surface area (Å²) in [5, 5.41) is 3.11. The lowest BCUT2D eigenvalue weighted by molar-refractivity contribution is 0.528. The fourth-order valence-electron chi connectivity index (χ4n) is 1.69. The molecule has 0 radical (unpaired) electrons. The number of nitrogens with zero attached hydrogens (tertiary/aromatic N) is 1. The van der Waals surface area contributed by atoms with Crippen LogP contribution in [0.1, 0.15) is 11.6 Å². The first-order chi connectivity index (χ1) is 7.67. The van der Waals surface area contributed by atoms with Gasteiger partial charge < -0.3 is 9.73 Å². The Morgan fingerprint density at radius 1 is 1.56 bits per heavy atom. The van der Waals surface area contributed by atoms with Crippen LogP contribution < -0.4 is 11.1 Å². The summed E-state index contributed by atoms with van der Waals surface area (Å²) in [6.07, 6.45) is 0. The van der Waals surface area contributed by atoms with Gasteiger partial charge in [0.25, 0.3) is 0 Å². The fraction of sp³-hybridized carbons (Fsp3) is 0.364. The number of rotatable bonds is 3. The van der Waals surface area contributed by atoms with E-state index < -0.39 is 0 Å². The molecule has 1 unspecified atom stereocenters. The zero-order valence-corrected chi connectivity index (χ0v) is 9.91. The third-order valence-electron chi connectivity index (χ3n) is 2.72. The van der Waals surface area contributed by atoms with Crippen LogP contribution in [0.4, 0.5) is 0 Å². The van der Waals surface area contributed by atoms with Gasteiger partial charge in [0.05, 0.1) is 5.52 Å². The molecule has 0 saturated heterocycles. The first kappa shape index (κ1) is 11.2. The lowest BCUT2D eigenvalue weighted by Gasteiger charge is -2.12. The van der Waals surface area contributed by atoms with E-state index in [-0.39, 0.29) is 11.8 Å². The maximum atomic E-state index is 11.3. The molecule has 86 valence electrons. The Kier molecular flexibility index (Phi) is 3.03. The van der Waals surface area contributed by atoms with Crippen LogP contribution in [0.15, 0.2) is 27.4 Å². The SMILES string of the molecule is CNC(CCl)c1ccc2oc(=O)n(C)c2c1. The molecule has 0 aliphatic heterocycles. The van der Waals surface area contributed by atoms with Gasteiger partial charge in [-0.15, -0.1) is 11.6 Å². The maximum Gasteiger partial charge on any atom is 0.419 e. The highest BCUT2D eigenvalue weighted by Crippen LogP contribution is 2.20. The highest BCUT2D eigenvalue weighted by molar-refractivity contribution is 6.18. The summed E-state index contributed by atoms with van der Waals surface area (Å²) in [4.78, 5) is 11.3. The van der Waals surface area contributed by atoms with Gasteiger partial charge in [-0.1, -0.05) is 6.07 Å². The standard InChI is InChI=1S/C11H13ClN2O2/c1-13-8(6-12)7-3-4-10-9(5-7)14(2)11(15)16-10/h3-5,8,13H,6H2,1-2H3. The van der Waals surface area contributed by atoms with E-state index in [9.17, 15) is 4.79 Å². The lowest BCUT2D eigenvalue weighted by atomic mass is 10.1. The first-order valence-electron chi connectivity index (χ1n) is 5.00. The predicted octanol–water partition coefficient (Wildman–Crippen LogP) is 1.63. The highest BCUT2D eigenvalue weighted by Gasteiger charge is 2.11. The van der Waals surface area contributed by atoms with E-state index in [1.54, 1.807) is 13.1 Å². The summed E-state index contributed by atoms with van der Waals surface area (Å²) in [5.41, 5.74) is 2.43. The van der Waals surface area contributed by atoms with E-state index in [1.165, 1.54) is 4.57 Å². The summed E-state index contributed by atoms with van der Waals surface area (Å²) >= 11 is 5.84. The topological polar surface area (TPSA) is 47.2 Å². The number of hydrogen-bond donors (Lipinski definition) is 1. The van der Waals surface area contributed by atoms with Crippen molar-refractivity contribution in [1.82, 2.24) is 9.88 Å². The first-order valence-corrected chi connectivity index (χ1v) is 5.53. The average molecular weight is 241 g/mol. The van der Waals surface area contributed by atoms with Crippen molar-refractivity contribution < 1.29 is 4.42 Å². The molecule has 4 nitrogen and oxygen atoms in total. The van der Waals surface area contributed by atoms with E-state index in [2.05, 4.69) is 5.32 Å². The summed E-state index contributed by atoms with van der Waals surface area (Å²) < 4.78 is 6.54. The second-order valence-electron chi connectivity index (χ2n) is 3.65. The molecule has 1 heterocycles. The number of hydrogen-bond acceptors (Lipinski definition) is 3. The number of aryl methyl sites for hydroxylation is 1. The zero-order chi connectivity index (χ0) is 11.7. The molecule has 0 aliphatic carbocycles. The monoisotopic (exact) mass is 240 g/mol. The largest absolute Gasteiger partial charge is 0.419 e. The molecule has 0 amide bonds. The number of aromatic nitrogens is 1. The Morgan fingerprint density at radius 3 is 2.94 bits per heavy atom. The minimum atomic E-state index is -0.348. The Balaban J connectivity index is 2.58. The molecule has 0 fully saturated rings. The van der Waals surface area contributed by atoms with Crippen LogP contribution in [0.2, 0.25) is 0 Å². The molecular weight excluding hydrogens is 228 g/mol. The summed E-state index contributed by atoms with van der Waals surface area (Å²) in [6, 6.07) is 5.71. The van der Waals surface area contributed by atoms with Crippen molar-refractivity contribution in [3.63, 3.8) is 0 Å². The van der Waals surface area contributed by atoms with Crippen molar-refractivity contribution in [2.45, 2.75) is 6.04 Å². The second-order valence-corrected chi connectivity index (χ2v) is 3.96. The van der Waals surface area contributed by atoms with Crippen LogP contribution in [0, 0.1) is 0 Å². The summed E-state index contributed by atoms with van der Waals surface area (Å²) in [6.45, 7) is 0. The Hall–Kier alpha value is -1.26. The highest BCUT2D eigenvalue weighted by atomic mass is 35.5. The van der Waals surface area contributed by atoms with Crippen LogP contribution in [-0.4, -0.2) is 17.5 Å². The quantitative estimate of drug-likeness (QED) is 0.830. The third kappa shape index (κ3) is 1.74. The molecule has 1 N–H and O–H groups in total. The zero-order valence-electron chi connectivity index (χ0n) is 9.16. The van der Waals surface area contributed by atoms with Gasteiger partial charge in [-0.25, -0.2) is 4.79 Å². The smallest absolute Gasteiger partial charge is 0.408 e. The molecule has 5 heteroatoms. The number of oxazole rings is 1. The fourth-order valence-corrected chi connectivity index (χ4v) is 2.03. The molecule has 2 rings (SSSR count). The Labute approximate surface area is 97.8 Å². The number of nitrogens with one attached hydrogen (secondary N) is 1. The molecule has 2 aromatic rings. The van der Waals surface area contributed by atoms with Gasteiger partial charge >= 0.3 is 5.76 Å². The van der Waals surface area contributed by atoms with E-state index in [0.717, 1.165) is 11.1 Å². The minimum absolute atomic E-state index is 0.0797. The summed E-state index contributed by atoms with van der Waals surface area (Å²) in [5.74, 6) is 0.132. The molecule has 0 spiro atoms. The van der Waals surface area contributed by atoms with Gasteiger partial charge in [0.15, 0.2) is 5.58 Å². The molecule has 1 atom stereocenters. The van der Waals surface area contributed by atoms with E-state index in [1.807, 2.05) is 19.2 Å². The molecular formula is C11H13ClN2O2. The van der Waals surface area contributed by atoms with Crippen molar-refractivity contribution in [3.8, 4) is 0 Å². The van der Waals surface area contributed by atoms with E-state index in [4.69, 9.17) is 16.0 Å². The molecule has 0 bridgehead atoms. The Morgan fingerprint density at radius 2 is 2.31 bits per heavy atom. The van der Waals surface area contributed by atoms with E-state index in [0.29, 0.717) is 11.5 Å². The molecule has 16 heavy (non-hydrogen) atoms. The van der Waals surface area contributed by atoms with Gasteiger partial charge in [0.2, 0.25) is 0 Å².